The van der Waals surface area contributed by atoms with Crippen LogP contribution in [0.3, 0.4) is 0 Å². The second-order valence-corrected chi connectivity index (χ2v) is 8.30. The summed E-state index contributed by atoms with van der Waals surface area (Å²) < 4.78 is 0.954. The number of carbonyl (C=O) groups excluding carboxylic acids is 3. The molecule has 2 N–H and O–H groups in total. The molecule has 29 heavy (non-hydrogen) atoms. The number of benzene rings is 2. The van der Waals surface area contributed by atoms with Gasteiger partial charge in [-0.05, 0) is 42.5 Å². The molecule has 2 heterocycles. The maximum atomic E-state index is 13.2. The van der Waals surface area contributed by atoms with Gasteiger partial charge >= 0.3 is 6.03 Å². The van der Waals surface area contributed by atoms with Crippen LogP contribution in [0.15, 0.2) is 48.5 Å². The van der Waals surface area contributed by atoms with Crippen LogP contribution in [0, 0.1) is 0 Å². The zero-order valence-corrected chi connectivity index (χ0v) is 16.3. The largest absolute Gasteiger partial charge is 0.325 e. The van der Waals surface area contributed by atoms with Crippen molar-refractivity contribution in [2.75, 3.05) is 11.9 Å². The first-order valence-corrected chi connectivity index (χ1v) is 10.3. The van der Waals surface area contributed by atoms with Crippen molar-refractivity contribution in [2.45, 2.75) is 24.8 Å². The molecule has 8 heteroatoms. The Bertz CT molecular complexity index is 1120. The summed E-state index contributed by atoms with van der Waals surface area (Å²) in [6.45, 7) is -0.343. The molecule has 1 aromatic heterocycles. The molecule has 1 saturated heterocycles. The Kier molecular flexibility index (Phi) is 4.09. The Balaban J connectivity index is 1.36. The lowest BCUT2D eigenvalue weighted by atomic mass is 9.76. The number of imide groups is 1. The first kappa shape index (κ1) is 17.8. The number of amides is 4. The SMILES string of the molecule is O=C(CN1C(=O)NC2(CCCc3ccccc32)C1=O)Nc1nc2ccccc2s1. The summed E-state index contributed by atoms with van der Waals surface area (Å²) in [6, 6.07) is 14.7. The molecule has 1 aliphatic carbocycles. The lowest BCUT2D eigenvalue weighted by molar-refractivity contribution is -0.134. The smallest absolute Gasteiger partial charge is 0.319 e. The van der Waals surface area contributed by atoms with E-state index in [1.807, 2.05) is 48.5 Å². The van der Waals surface area contributed by atoms with E-state index in [0.717, 1.165) is 39.1 Å². The molecular weight excluding hydrogens is 388 g/mol. The normalized spacial score (nSPS) is 20.8. The number of thiazole rings is 1. The number of urea groups is 1. The highest BCUT2D eigenvalue weighted by Crippen LogP contribution is 2.39. The number of hydrogen-bond acceptors (Lipinski definition) is 5. The van der Waals surface area contributed by atoms with E-state index in [1.54, 1.807) is 0 Å². The number of anilines is 1. The summed E-state index contributed by atoms with van der Waals surface area (Å²) in [5.74, 6) is -0.817. The first-order valence-electron chi connectivity index (χ1n) is 9.45. The summed E-state index contributed by atoms with van der Waals surface area (Å²) in [5.41, 5.74) is 1.62. The Morgan fingerprint density at radius 1 is 1.17 bits per heavy atom. The highest BCUT2D eigenvalue weighted by Gasteiger charge is 2.54. The lowest BCUT2D eigenvalue weighted by Crippen LogP contribution is -2.47. The van der Waals surface area contributed by atoms with E-state index in [-0.39, 0.29) is 12.5 Å². The van der Waals surface area contributed by atoms with Crippen LogP contribution < -0.4 is 10.6 Å². The molecule has 0 saturated carbocycles. The minimum absolute atomic E-state index is 0.343. The summed E-state index contributed by atoms with van der Waals surface area (Å²) in [4.78, 5) is 43.7. The quantitative estimate of drug-likeness (QED) is 0.654. The van der Waals surface area contributed by atoms with Crippen LogP contribution in [0.2, 0.25) is 0 Å². The van der Waals surface area contributed by atoms with Gasteiger partial charge in [-0.25, -0.2) is 9.78 Å². The predicted molar refractivity (Wildman–Crippen MR) is 110 cm³/mol. The Hall–Kier alpha value is -3.26. The van der Waals surface area contributed by atoms with Crippen LogP contribution in [-0.2, 0) is 21.5 Å². The molecule has 1 fully saturated rings. The van der Waals surface area contributed by atoms with Gasteiger partial charge in [0.25, 0.3) is 5.91 Å². The van der Waals surface area contributed by atoms with E-state index in [0.29, 0.717) is 11.6 Å². The summed E-state index contributed by atoms with van der Waals surface area (Å²) >= 11 is 1.35. The summed E-state index contributed by atoms with van der Waals surface area (Å²) in [5, 5.41) is 6.01. The minimum atomic E-state index is -1.07. The highest BCUT2D eigenvalue weighted by molar-refractivity contribution is 7.22. The van der Waals surface area contributed by atoms with Gasteiger partial charge in [0.2, 0.25) is 5.91 Å². The molecule has 0 bridgehead atoms. The van der Waals surface area contributed by atoms with Crippen molar-refractivity contribution >= 4 is 44.5 Å². The van der Waals surface area contributed by atoms with Crippen molar-refractivity contribution in [3.8, 4) is 0 Å². The lowest BCUT2D eigenvalue weighted by Gasteiger charge is -2.33. The van der Waals surface area contributed by atoms with Gasteiger partial charge in [-0.15, -0.1) is 0 Å². The van der Waals surface area contributed by atoms with E-state index >= 15 is 0 Å². The zero-order chi connectivity index (χ0) is 20.0. The minimum Gasteiger partial charge on any atom is -0.319 e. The van der Waals surface area contributed by atoms with Crippen molar-refractivity contribution < 1.29 is 14.4 Å². The van der Waals surface area contributed by atoms with E-state index in [2.05, 4.69) is 15.6 Å². The number of rotatable bonds is 3. The number of nitrogens with zero attached hydrogens (tertiary/aromatic N) is 2. The van der Waals surface area contributed by atoms with Gasteiger partial charge in [-0.1, -0.05) is 47.7 Å². The van der Waals surface area contributed by atoms with Gasteiger partial charge in [0.15, 0.2) is 5.13 Å². The summed E-state index contributed by atoms with van der Waals surface area (Å²) in [6.07, 6.45) is 2.21. The molecule has 7 nitrogen and oxygen atoms in total. The topological polar surface area (TPSA) is 91.4 Å². The van der Waals surface area contributed by atoms with Crippen LogP contribution in [0.25, 0.3) is 10.2 Å². The Morgan fingerprint density at radius 2 is 1.97 bits per heavy atom. The highest BCUT2D eigenvalue weighted by atomic mass is 32.1. The third-order valence-electron chi connectivity index (χ3n) is 5.49. The molecule has 3 aromatic rings. The first-order chi connectivity index (χ1) is 14.1. The number of nitrogens with one attached hydrogen (secondary N) is 2. The van der Waals surface area contributed by atoms with Crippen LogP contribution in [-0.4, -0.2) is 34.3 Å². The third-order valence-corrected chi connectivity index (χ3v) is 6.44. The maximum absolute atomic E-state index is 13.2. The van der Waals surface area contributed by atoms with Gasteiger partial charge < -0.3 is 10.6 Å². The van der Waals surface area contributed by atoms with Gasteiger partial charge in [0, 0.05) is 0 Å². The molecule has 1 aliphatic heterocycles. The number of fused-ring (bicyclic) bond motifs is 3. The fraction of sp³-hybridized carbons (Fsp3) is 0.238. The second kappa shape index (κ2) is 6.66. The average molecular weight is 406 g/mol. The van der Waals surface area contributed by atoms with Crippen LogP contribution in [0.4, 0.5) is 9.93 Å². The van der Waals surface area contributed by atoms with Crippen molar-refractivity contribution in [3.05, 3.63) is 59.7 Å². The molecule has 4 amide bonds. The van der Waals surface area contributed by atoms with Crippen LogP contribution >= 0.6 is 11.3 Å². The molecule has 1 spiro atoms. The predicted octanol–water partition coefficient (Wildman–Crippen LogP) is 3.02. The molecule has 2 aliphatic rings. The van der Waals surface area contributed by atoms with E-state index < -0.39 is 17.5 Å². The van der Waals surface area contributed by atoms with Gasteiger partial charge in [0.05, 0.1) is 10.2 Å². The molecule has 0 radical (unpaired) electrons. The van der Waals surface area contributed by atoms with Crippen LogP contribution in [0.1, 0.15) is 24.0 Å². The number of hydrogen-bond donors (Lipinski definition) is 2. The van der Waals surface area contributed by atoms with Crippen molar-refractivity contribution in [3.63, 3.8) is 0 Å². The van der Waals surface area contributed by atoms with Gasteiger partial charge in [-0.2, -0.15) is 0 Å². The molecular formula is C21H18N4O3S. The zero-order valence-electron chi connectivity index (χ0n) is 15.5. The van der Waals surface area contributed by atoms with Gasteiger partial charge in [-0.3, -0.25) is 14.5 Å². The third kappa shape index (κ3) is 2.87. The number of aryl methyl sites for hydroxylation is 1. The second-order valence-electron chi connectivity index (χ2n) is 7.27. The number of para-hydroxylation sites is 1. The summed E-state index contributed by atoms with van der Waals surface area (Å²) in [7, 11) is 0. The maximum Gasteiger partial charge on any atom is 0.325 e. The van der Waals surface area contributed by atoms with Crippen LogP contribution in [0.5, 0.6) is 0 Å². The Labute approximate surface area is 170 Å². The van der Waals surface area contributed by atoms with E-state index in [4.69, 9.17) is 0 Å². The molecule has 1 atom stereocenters. The number of aromatic nitrogens is 1. The fourth-order valence-corrected chi connectivity index (χ4v) is 5.07. The monoisotopic (exact) mass is 406 g/mol. The fourth-order valence-electron chi connectivity index (χ4n) is 4.18. The van der Waals surface area contributed by atoms with Crippen molar-refractivity contribution in [1.29, 1.82) is 0 Å². The number of carbonyl (C=O) groups is 3. The van der Waals surface area contributed by atoms with Crippen molar-refractivity contribution in [1.82, 2.24) is 15.2 Å². The van der Waals surface area contributed by atoms with E-state index in [1.165, 1.54) is 11.3 Å². The molecule has 1 unspecified atom stereocenters. The average Bonchev–Trinajstić information content (AvgIpc) is 3.22. The van der Waals surface area contributed by atoms with Gasteiger partial charge in [0.1, 0.15) is 12.1 Å². The molecule has 2 aromatic carbocycles. The molecule has 5 rings (SSSR count). The van der Waals surface area contributed by atoms with Crippen molar-refractivity contribution in [2.24, 2.45) is 0 Å². The standard InChI is InChI=1S/C21H18N4O3S/c26-17(23-19-22-15-9-3-4-10-16(15)29-19)12-25-18(27)21(24-20(25)28)11-5-7-13-6-1-2-8-14(13)21/h1-4,6,8-10H,5,7,11-12H2,(H,24,28)(H,22,23,26). The Morgan fingerprint density at radius 3 is 2.83 bits per heavy atom. The molecule has 146 valence electrons. The van der Waals surface area contributed by atoms with E-state index in [9.17, 15) is 14.4 Å².